The van der Waals surface area contributed by atoms with Crippen molar-refractivity contribution in [2.75, 3.05) is 13.2 Å². The second kappa shape index (κ2) is 7.69. The van der Waals surface area contributed by atoms with Gasteiger partial charge in [0, 0.05) is 5.56 Å². The molecule has 0 saturated carbocycles. The molecule has 0 fully saturated rings. The van der Waals surface area contributed by atoms with Crippen LogP contribution in [0.3, 0.4) is 0 Å². The summed E-state index contributed by atoms with van der Waals surface area (Å²) in [6.07, 6.45) is 0. The van der Waals surface area contributed by atoms with Crippen molar-refractivity contribution >= 4 is 18.7 Å². The molecule has 0 radical (unpaired) electrons. The van der Waals surface area contributed by atoms with Gasteiger partial charge in [-0.1, -0.05) is 30.3 Å². The number of benzene rings is 2. The van der Waals surface area contributed by atoms with Crippen LogP contribution in [-0.4, -0.2) is 19.0 Å². The summed E-state index contributed by atoms with van der Waals surface area (Å²) in [4.78, 5) is 11.9. The van der Waals surface area contributed by atoms with E-state index in [1.54, 1.807) is 32.0 Å². The Morgan fingerprint density at radius 1 is 1.00 bits per heavy atom. The summed E-state index contributed by atoms with van der Waals surface area (Å²) in [6, 6.07) is 14.6. The number of hydrogen-bond acceptors (Lipinski definition) is 4. The highest BCUT2D eigenvalue weighted by Crippen LogP contribution is 2.47. The fourth-order valence-electron chi connectivity index (χ4n) is 2.39. The molecule has 0 heterocycles. The standard InChI is InChI=1S/C18H21O4P/c1-4-21-23(20,22-5-2)16-11-12-17(14(3)19)18(13-16)15-9-7-6-8-10-15/h6-13H,4-5H2,1-3H3. The van der Waals surface area contributed by atoms with E-state index in [4.69, 9.17) is 9.05 Å². The van der Waals surface area contributed by atoms with Crippen LogP contribution in [0.5, 0.6) is 0 Å². The normalized spacial score (nSPS) is 11.4. The molecule has 0 unspecified atom stereocenters. The average molecular weight is 332 g/mol. The first-order valence-electron chi connectivity index (χ1n) is 7.62. The van der Waals surface area contributed by atoms with E-state index >= 15 is 0 Å². The second-order valence-electron chi connectivity index (χ2n) is 4.99. The molecule has 4 nitrogen and oxygen atoms in total. The minimum absolute atomic E-state index is 0.0435. The number of hydrogen-bond donors (Lipinski definition) is 0. The van der Waals surface area contributed by atoms with E-state index in [2.05, 4.69) is 0 Å². The predicted octanol–water partition coefficient (Wildman–Crippen LogP) is 4.45. The van der Waals surface area contributed by atoms with Gasteiger partial charge in [0.1, 0.15) is 0 Å². The molecule has 0 bridgehead atoms. The molecule has 0 aliphatic carbocycles. The number of carbonyl (C=O) groups excluding carboxylic acids is 1. The molecular formula is C18H21O4P. The van der Waals surface area contributed by atoms with Crippen LogP contribution < -0.4 is 5.30 Å². The van der Waals surface area contributed by atoms with Gasteiger partial charge >= 0.3 is 7.60 Å². The summed E-state index contributed by atoms with van der Waals surface area (Å²) in [6.45, 7) is 5.63. The Kier molecular flexibility index (Phi) is 5.89. The average Bonchev–Trinajstić information content (AvgIpc) is 2.55. The third kappa shape index (κ3) is 3.97. The van der Waals surface area contributed by atoms with E-state index in [9.17, 15) is 9.36 Å². The molecule has 5 heteroatoms. The van der Waals surface area contributed by atoms with Crippen LogP contribution in [0.4, 0.5) is 0 Å². The Bertz CT molecular complexity index is 715. The third-order valence-electron chi connectivity index (χ3n) is 3.38. The fourth-order valence-corrected chi connectivity index (χ4v) is 3.99. The molecule has 0 aromatic heterocycles. The largest absolute Gasteiger partial charge is 0.361 e. The Morgan fingerprint density at radius 3 is 2.13 bits per heavy atom. The van der Waals surface area contributed by atoms with Gasteiger partial charge in [-0.05, 0) is 50.1 Å². The van der Waals surface area contributed by atoms with Crippen molar-refractivity contribution in [1.29, 1.82) is 0 Å². The maximum atomic E-state index is 13.0. The highest BCUT2D eigenvalue weighted by atomic mass is 31.2. The van der Waals surface area contributed by atoms with Crippen LogP contribution in [-0.2, 0) is 13.6 Å². The van der Waals surface area contributed by atoms with Gasteiger partial charge in [0.25, 0.3) is 0 Å². The molecule has 2 aromatic rings. The summed E-state index contributed by atoms with van der Waals surface area (Å²) < 4.78 is 23.7. The van der Waals surface area contributed by atoms with Gasteiger partial charge in [0.05, 0.1) is 18.5 Å². The lowest BCUT2D eigenvalue weighted by atomic mass is 9.98. The van der Waals surface area contributed by atoms with Crippen molar-refractivity contribution in [3.63, 3.8) is 0 Å². The summed E-state index contributed by atoms with van der Waals surface area (Å²) in [5, 5.41) is 0.463. The van der Waals surface area contributed by atoms with Crippen LogP contribution in [0.15, 0.2) is 48.5 Å². The zero-order valence-electron chi connectivity index (χ0n) is 13.6. The second-order valence-corrected chi connectivity index (χ2v) is 7.01. The molecule has 0 spiro atoms. The van der Waals surface area contributed by atoms with Gasteiger partial charge in [-0.2, -0.15) is 0 Å². The van der Waals surface area contributed by atoms with E-state index in [1.807, 2.05) is 30.3 Å². The highest BCUT2D eigenvalue weighted by molar-refractivity contribution is 7.62. The van der Waals surface area contributed by atoms with E-state index in [1.165, 1.54) is 6.92 Å². The van der Waals surface area contributed by atoms with Crippen LogP contribution in [0.25, 0.3) is 11.1 Å². The molecule has 2 rings (SSSR count). The van der Waals surface area contributed by atoms with E-state index in [-0.39, 0.29) is 19.0 Å². The van der Waals surface area contributed by atoms with E-state index in [0.717, 1.165) is 11.1 Å². The SMILES string of the molecule is CCOP(=O)(OCC)c1ccc(C(C)=O)c(-c2ccccc2)c1. The lowest BCUT2D eigenvalue weighted by molar-refractivity contribution is 0.101. The van der Waals surface area contributed by atoms with Crippen molar-refractivity contribution in [3.05, 3.63) is 54.1 Å². The number of rotatable bonds is 7. The Hall–Kier alpha value is -1.74. The number of Topliss-reactive ketones (excluding diaryl/α,β-unsaturated/α-hetero) is 1. The Balaban J connectivity index is 2.61. The molecule has 0 aliphatic heterocycles. The van der Waals surface area contributed by atoms with Crippen LogP contribution in [0.2, 0.25) is 0 Å². The molecule has 2 aromatic carbocycles. The van der Waals surface area contributed by atoms with E-state index in [0.29, 0.717) is 10.9 Å². The maximum absolute atomic E-state index is 13.0. The minimum atomic E-state index is -3.38. The number of carbonyl (C=O) groups is 1. The predicted molar refractivity (Wildman–Crippen MR) is 92.4 cm³/mol. The molecular weight excluding hydrogens is 311 g/mol. The first-order chi connectivity index (χ1) is 11.0. The Morgan fingerprint density at radius 2 is 1.61 bits per heavy atom. The van der Waals surface area contributed by atoms with Crippen molar-refractivity contribution in [2.45, 2.75) is 20.8 Å². The van der Waals surface area contributed by atoms with Crippen molar-refractivity contribution in [2.24, 2.45) is 0 Å². The topological polar surface area (TPSA) is 52.6 Å². The third-order valence-corrected chi connectivity index (χ3v) is 5.49. The summed E-state index contributed by atoms with van der Waals surface area (Å²) >= 11 is 0. The summed E-state index contributed by atoms with van der Waals surface area (Å²) in [5.41, 5.74) is 2.20. The zero-order valence-corrected chi connectivity index (χ0v) is 14.5. The molecule has 0 atom stereocenters. The van der Waals surface area contributed by atoms with Gasteiger partial charge < -0.3 is 9.05 Å². The van der Waals surface area contributed by atoms with Gasteiger partial charge in [-0.15, -0.1) is 0 Å². The van der Waals surface area contributed by atoms with Crippen LogP contribution in [0.1, 0.15) is 31.1 Å². The minimum Gasteiger partial charge on any atom is -0.305 e. The van der Waals surface area contributed by atoms with Gasteiger partial charge in [-0.25, -0.2) is 0 Å². The molecule has 122 valence electrons. The van der Waals surface area contributed by atoms with Crippen molar-refractivity contribution in [1.82, 2.24) is 0 Å². The first-order valence-corrected chi connectivity index (χ1v) is 9.16. The number of ketones is 1. The van der Waals surface area contributed by atoms with Gasteiger partial charge in [0.2, 0.25) is 0 Å². The quantitative estimate of drug-likeness (QED) is 0.555. The lowest BCUT2D eigenvalue weighted by Gasteiger charge is -2.19. The lowest BCUT2D eigenvalue weighted by Crippen LogP contribution is -2.12. The van der Waals surface area contributed by atoms with E-state index < -0.39 is 7.60 Å². The maximum Gasteiger partial charge on any atom is 0.361 e. The molecule has 0 amide bonds. The van der Waals surface area contributed by atoms with Crippen LogP contribution >= 0.6 is 7.60 Å². The summed E-state index contributed by atoms with van der Waals surface area (Å²) in [5.74, 6) is -0.0435. The zero-order chi connectivity index (χ0) is 16.9. The fraction of sp³-hybridized carbons (Fsp3) is 0.278. The van der Waals surface area contributed by atoms with Crippen molar-refractivity contribution in [3.8, 4) is 11.1 Å². The molecule has 0 saturated heterocycles. The molecule has 0 aliphatic rings. The summed E-state index contributed by atoms with van der Waals surface area (Å²) in [7, 11) is -3.38. The molecule has 23 heavy (non-hydrogen) atoms. The monoisotopic (exact) mass is 332 g/mol. The van der Waals surface area contributed by atoms with Crippen molar-refractivity contribution < 1.29 is 18.4 Å². The Labute approximate surface area is 137 Å². The highest BCUT2D eigenvalue weighted by Gasteiger charge is 2.28. The van der Waals surface area contributed by atoms with Gasteiger partial charge in [0.15, 0.2) is 5.78 Å². The first kappa shape index (κ1) is 17.6. The van der Waals surface area contributed by atoms with Gasteiger partial charge in [-0.3, -0.25) is 9.36 Å². The van der Waals surface area contributed by atoms with Crippen LogP contribution in [0, 0.1) is 0 Å². The molecule has 0 N–H and O–H groups in total. The smallest absolute Gasteiger partial charge is 0.305 e.